The van der Waals surface area contributed by atoms with Gasteiger partial charge in [-0.25, -0.2) is 0 Å². The molecule has 0 bridgehead atoms. The molecule has 0 aliphatic carbocycles. The molecule has 0 unspecified atom stereocenters. The summed E-state index contributed by atoms with van der Waals surface area (Å²) in [5, 5.41) is 0. The first kappa shape index (κ1) is 10.1. The van der Waals surface area contributed by atoms with Crippen LogP contribution in [0.25, 0.3) is 0 Å². The third-order valence-electron chi connectivity index (χ3n) is 1.06. The van der Waals surface area contributed by atoms with Crippen LogP contribution in [0, 0.1) is 0 Å². The van der Waals surface area contributed by atoms with E-state index in [1.165, 1.54) is 0 Å². The Morgan fingerprint density at radius 3 is 1.33 bits per heavy atom. The molecule has 0 saturated carbocycles. The first-order valence-corrected chi connectivity index (χ1v) is 21.8. The Morgan fingerprint density at radius 2 is 1.33 bits per heavy atom. The van der Waals surface area contributed by atoms with Crippen molar-refractivity contribution in [3.05, 3.63) is 0 Å². The van der Waals surface area contributed by atoms with Gasteiger partial charge in [0.25, 0.3) is 0 Å². The number of hydrogen-bond acceptors (Lipinski definition) is 0. The first-order chi connectivity index (χ1) is 3.71. The minimum atomic E-state index is -1.50. The Balaban J connectivity index is 3.75. The van der Waals surface area contributed by atoms with Crippen molar-refractivity contribution in [2.24, 2.45) is 0 Å². The molecular weight excluding hydrogens is 319 g/mol. The molecule has 2 heteroatoms. The zero-order valence-corrected chi connectivity index (χ0v) is 12.6. The van der Waals surface area contributed by atoms with E-state index < -0.39 is 29.2 Å². The van der Waals surface area contributed by atoms with Crippen molar-refractivity contribution < 1.29 is 0 Å². The number of rotatable bonds is 2. The molecule has 0 atom stereocenters. The second-order valence-corrected chi connectivity index (χ2v) is 34.8. The summed E-state index contributed by atoms with van der Waals surface area (Å²) in [6.07, 6.45) is 0. The second kappa shape index (κ2) is 3.03. The van der Waals surface area contributed by atoms with Crippen LogP contribution in [0.5, 0.6) is 0 Å². The van der Waals surface area contributed by atoms with Crippen molar-refractivity contribution in [2.75, 3.05) is 0 Å². The van der Waals surface area contributed by atoms with Gasteiger partial charge < -0.3 is 0 Å². The van der Waals surface area contributed by atoms with Gasteiger partial charge >= 0.3 is 65.9 Å². The summed E-state index contributed by atoms with van der Waals surface area (Å²) in [4.78, 5) is 0. The Bertz CT molecular complexity index is 74.1. The van der Waals surface area contributed by atoms with Gasteiger partial charge in [-0.2, -0.15) is 0 Å². The minimum absolute atomic E-state index is 0.694. The predicted octanol–water partition coefficient (Wildman–Crippen LogP) is 3.20. The van der Waals surface area contributed by atoms with E-state index in [1.54, 1.807) is 3.60 Å². The van der Waals surface area contributed by atoms with Crippen molar-refractivity contribution in [2.45, 2.75) is 36.7 Å². The van der Waals surface area contributed by atoms with Crippen LogP contribution in [0.15, 0.2) is 0 Å². The Hall–Kier alpha value is 1.14. The Kier molecular flexibility index (Phi) is 3.41. The summed E-state index contributed by atoms with van der Waals surface area (Å²) in [7, 11) is -0.694. The van der Waals surface area contributed by atoms with Crippen LogP contribution in [-0.2, 0) is 0 Å². The van der Waals surface area contributed by atoms with E-state index in [9.17, 15) is 0 Å². The van der Waals surface area contributed by atoms with Gasteiger partial charge in [0.15, 0.2) is 0 Å². The number of hydrogen-bond donors (Lipinski definition) is 0. The van der Waals surface area contributed by atoms with Crippen LogP contribution in [0.1, 0.15) is 0 Å². The third kappa shape index (κ3) is 9.14. The zero-order valence-electron chi connectivity index (χ0n) is 7.71. The molecular formula is C7H20PbSi. The average molecular weight is 340 g/mol. The van der Waals surface area contributed by atoms with Gasteiger partial charge in [-0.3, -0.25) is 0 Å². The van der Waals surface area contributed by atoms with Crippen molar-refractivity contribution in [1.29, 1.82) is 0 Å². The fourth-order valence-corrected chi connectivity index (χ4v) is 41.9. The molecule has 0 spiro atoms. The summed E-state index contributed by atoms with van der Waals surface area (Å²) in [6, 6.07) is 0. The summed E-state index contributed by atoms with van der Waals surface area (Å²) in [5.41, 5.74) is 0. The third-order valence-corrected chi connectivity index (χ3v) is 27.9. The molecule has 0 aliphatic heterocycles. The van der Waals surface area contributed by atoms with Gasteiger partial charge in [0, 0.05) is 0 Å². The summed E-state index contributed by atoms with van der Waals surface area (Å²) in [6.45, 7) is 7.45. The van der Waals surface area contributed by atoms with E-state index in [-0.39, 0.29) is 0 Å². The molecule has 0 rings (SSSR count). The van der Waals surface area contributed by atoms with Gasteiger partial charge in [0.1, 0.15) is 0 Å². The second-order valence-electron chi connectivity index (χ2n) is 5.30. The van der Waals surface area contributed by atoms with E-state index in [2.05, 4.69) is 33.1 Å². The monoisotopic (exact) mass is 340 g/mol. The quantitative estimate of drug-likeness (QED) is 0.678. The molecule has 0 aliphatic rings. The van der Waals surface area contributed by atoms with E-state index in [0.29, 0.717) is 0 Å². The predicted molar refractivity (Wildman–Crippen MR) is 51.5 cm³/mol. The fourth-order valence-electron chi connectivity index (χ4n) is 1.59. The standard InChI is InChI=1S/C4H11Si.3CH3.Pb/c1-5(2,3)4;;;;/h1H2,2-4H3;3*1H3;. The van der Waals surface area contributed by atoms with Gasteiger partial charge in [0.05, 0.1) is 0 Å². The van der Waals surface area contributed by atoms with Crippen LogP contribution in [0.3, 0.4) is 0 Å². The molecule has 56 valence electrons. The van der Waals surface area contributed by atoms with Crippen LogP contribution in [0.2, 0.25) is 36.7 Å². The molecule has 0 fully saturated rings. The fraction of sp³-hybridized carbons (Fsp3) is 1.00. The molecule has 0 heterocycles. The molecule has 0 saturated heterocycles. The molecule has 0 aromatic carbocycles. The Labute approximate surface area is 65.7 Å². The van der Waals surface area contributed by atoms with Crippen molar-refractivity contribution in [3.8, 4) is 0 Å². The maximum atomic E-state index is 2.55. The first-order valence-electron chi connectivity index (χ1n) is 3.71. The van der Waals surface area contributed by atoms with Gasteiger partial charge in [0.2, 0.25) is 0 Å². The van der Waals surface area contributed by atoms with Crippen molar-refractivity contribution in [3.63, 3.8) is 0 Å². The van der Waals surface area contributed by atoms with Crippen molar-refractivity contribution >= 4 is 29.2 Å². The maximum absolute atomic E-state index is 2.55. The molecule has 0 nitrogen and oxygen atoms in total. The average Bonchev–Trinajstić information content (AvgIpc) is 1.14. The normalized spacial score (nSPS) is 14.0. The van der Waals surface area contributed by atoms with Gasteiger partial charge in [-0.15, -0.1) is 0 Å². The molecule has 9 heavy (non-hydrogen) atoms. The summed E-state index contributed by atoms with van der Waals surface area (Å²) in [5.74, 6) is 0. The molecule has 0 aromatic rings. The molecule has 0 N–H and O–H groups in total. The molecule has 0 amide bonds. The molecule has 0 radical (unpaired) electrons. The topological polar surface area (TPSA) is 0 Å². The van der Waals surface area contributed by atoms with E-state index in [1.807, 2.05) is 0 Å². The van der Waals surface area contributed by atoms with Crippen LogP contribution in [-0.4, -0.2) is 29.2 Å². The van der Waals surface area contributed by atoms with Crippen LogP contribution in [0.4, 0.5) is 0 Å². The van der Waals surface area contributed by atoms with Crippen LogP contribution < -0.4 is 0 Å². The SMILES string of the molecule is C[Si](C)(C)[CH2][Pb]([CH3])([CH3])[CH3]. The summed E-state index contributed by atoms with van der Waals surface area (Å²) < 4.78 is 9.29. The zero-order chi connectivity index (χ0) is 7.71. The Morgan fingerprint density at radius 1 is 1.00 bits per heavy atom. The van der Waals surface area contributed by atoms with Gasteiger partial charge in [-0.05, 0) is 0 Å². The molecule has 0 aromatic heterocycles. The van der Waals surface area contributed by atoms with Gasteiger partial charge in [-0.1, -0.05) is 0 Å². The van der Waals surface area contributed by atoms with E-state index >= 15 is 0 Å². The van der Waals surface area contributed by atoms with Crippen molar-refractivity contribution in [1.82, 2.24) is 0 Å². The van der Waals surface area contributed by atoms with E-state index in [0.717, 1.165) is 0 Å². The summed E-state index contributed by atoms with van der Waals surface area (Å²) >= 11 is -1.50. The van der Waals surface area contributed by atoms with Crippen LogP contribution >= 0.6 is 0 Å². The van der Waals surface area contributed by atoms with E-state index in [4.69, 9.17) is 0 Å².